The van der Waals surface area contributed by atoms with E-state index < -0.39 is 5.41 Å². The summed E-state index contributed by atoms with van der Waals surface area (Å²) in [5, 5.41) is 2.98. The Labute approximate surface area is 171 Å². The van der Waals surface area contributed by atoms with Crippen LogP contribution in [0.15, 0.2) is 59.5 Å². The zero-order valence-corrected chi connectivity index (χ0v) is 16.9. The lowest BCUT2D eigenvalue weighted by Crippen LogP contribution is -2.53. The van der Waals surface area contributed by atoms with Gasteiger partial charge < -0.3 is 5.32 Å². The van der Waals surface area contributed by atoms with Crippen molar-refractivity contribution in [1.82, 2.24) is 19.9 Å². The second-order valence-corrected chi connectivity index (χ2v) is 7.95. The molecule has 1 saturated carbocycles. The predicted octanol–water partition coefficient (Wildman–Crippen LogP) is 3.26. The average Bonchev–Trinajstić information content (AvgIpc) is 3.09. The molecule has 6 nitrogen and oxygen atoms in total. The van der Waals surface area contributed by atoms with Crippen molar-refractivity contribution < 1.29 is 9.59 Å². The van der Waals surface area contributed by atoms with Gasteiger partial charge in [-0.15, -0.1) is 0 Å². The third kappa shape index (κ3) is 3.38. The van der Waals surface area contributed by atoms with E-state index >= 15 is 0 Å². The van der Waals surface area contributed by atoms with Crippen molar-refractivity contribution >= 4 is 27.6 Å². The second-order valence-electron chi connectivity index (χ2n) is 7.04. The minimum Gasteiger partial charge on any atom is -0.351 e. The Kier molecular flexibility index (Phi) is 4.85. The molecule has 2 heterocycles. The highest BCUT2D eigenvalue weighted by atomic mass is 79.9. The van der Waals surface area contributed by atoms with Crippen LogP contribution in [0.5, 0.6) is 0 Å². The minimum absolute atomic E-state index is 0.108. The third-order valence-electron chi connectivity index (χ3n) is 5.14. The fraction of sp³-hybridized carbons (Fsp3) is 0.238. The molecule has 0 spiro atoms. The van der Waals surface area contributed by atoms with Crippen molar-refractivity contribution in [2.45, 2.75) is 31.7 Å². The summed E-state index contributed by atoms with van der Waals surface area (Å²) >= 11 is 3.44. The minimum atomic E-state index is -0.776. The van der Waals surface area contributed by atoms with Gasteiger partial charge in [0.2, 0.25) is 5.91 Å². The summed E-state index contributed by atoms with van der Waals surface area (Å²) in [5.41, 5.74) is 0.982. The molecule has 2 aromatic heterocycles. The first-order valence-electron chi connectivity index (χ1n) is 8.99. The number of carbonyl (C=O) groups is 2. The number of nitrogens with zero attached hydrogens (tertiary/aromatic N) is 3. The van der Waals surface area contributed by atoms with E-state index in [4.69, 9.17) is 0 Å². The molecular weight excluding hydrogens is 420 g/mol. The number of hydrogen-bond donors (Lipinski definition) is 1. The standard InChI is InChI=1S/C21H19BrN4O2/c1-14-23-7-8-26(14)19-6-5-15(12-24-19)13-25-20(28)21(10-18(27)11-21)16-3-2-4-17(22)9-16/h2-9,12H,10-11,13H2,1H3,(H,25,28). The van der Waals surface area contributed by atoms with Crippen LogP contribution in [-0.4, -0.2) is 26.2 Å². The largest absolute Gasteiger partial charge is 0.351 e. The maximum atomic E-state index is 13.0. The van der Waals surface area contributed by atoms with Crippen LogP contribution in [0.1, 0.15) is 29.8 Å². The number of hydrogen-bond acceptors (Lipinski definition) is 4. The number of imidazole rings is 1. The van der Waals surface area contributed by atoms with Gasteiger partial charge in [-0.05, 0) is 36.2 Å². The van der Waals surface area contributed by atoms with E-state index in [9.17, 15) is 9.59 Å². The molecule has 1 aromatic carbocycles. The lowest BCUT2D eigenvalue weighted by atomic mass is 9.63. The van der Waals surface area contributed by atoms with Gasteiger partial charge in [0.15, 0.2) is 0 Å². The summed E-state index contributed by atoms with van der Waals surface area (Å²) in [6.45, 7) is 2.27. The van der Waals surface area contributed by atoms with Crippen molar-refractivity contribution in [2.24, 2.45) is 0 Å². The van der Waals surface area contributed by atoms with Crippen LogP contribution in [0.3, 0.4) is 0 Å². The number of nitrogens with one attached hydrogen (secondary N) is 1. The molecular formula is C21H19BrN4O2. The zero-order valence-electron chi connectivity index (χ0n) is 15.4. The molecule has 0 aliphatic heterocycles. The SMILES string of the molecule is Cc1nccn1-c1ccc(CNC(=O)C2(c3cccc(Br)c3)CC(=O)C2)cn1. The van der Waals surface area contributed by atoms with Gasteiger partial charge in [-0.1, -0.05) is 34.1 Å². The summed E-state index contributed by atoms with van der Waals surface area (Å²) in [4.78, 5) is 33.3. The van der Waals surface area contributed by atoms with Crippen LogP contribution < -0.4 is 5.32 Å². The average molecular weight is 439 g/mol. The number of halogens is 1. The molecule has 0 atom stereocenters. The topological polar surface area (TPSA) is 76.9 Å². The summed E-state index contributed by atoms with van der Waals surface area (Å²) in [6, 6.07) is 11.4. The molecule has 0 radical (unpaired) electrons. The first-order chi connectivity index (χ1) is 13.5. The van der Waals surface area contributed by atoms with Gasteiger partial charge in [0.05, 0.1) is 5.41 Å². The first kappa shape index (κ1) is 18.6. The molecule has 0 unspecified atom stereocenters. The van der Waals surface area contributed by atoms with Crippen LogP contribution >= 0.6 is 15.9 Å². The number of pyridine rings is 1. The van der Waals surface area contributed by atoms with Crippen molar-refractivity contribution in [3.8, 4) is 5.82 Å². The van der Waals surface area contributed by atoms with E-state index in [0.717, 1.165) is 27.2 Å². The van der Waals surface area contributed by atoms with E-state index in [1.807, 2.05) is 54.1 Å². The highest BCUT2D eigenvalue weighted by Gasteiger charge is 2.50. The van der Waals surface area contributed by atoms with Gasteiger partial charge >= 0.3 is 0 Å². The van der Waals surface area contributed by atoms with Crippen molar-refractivity contribution in [3.63, 3.8) is 0 Å². The Morgan fingerprint density at radius 1 is 1.25 bits per heavy atom. The summed E-state index contributed by atoms with van der Waals surface area (Å²) in [7, 11) is 0. The smallest absolute Gasteiger partial charge is 0.231 e. The number of amides is 1. The van der Waals surface area contributed by atoms with Gasteiger partial charge in [0, 0.05) is 42.4 Å². The molecule has 4 rings (SSSR count). The maximum Gasteiger partial charge on any atom is 0.231 e. The first-order valence-corrected chi connectivity index (χ1v) is 9.78. The molecule has 3 aromatic rings. The maximum absolute atomic E-state index is 13.0. The Balaban J connectivity index is 1.47. The van der Waals surface area contributed by atoms with E-state index in [-0.39, 0.29) is 24.5 Å². The Hall–Kier alpha value is -2.80. The molecule has 28 heavy (non-hydrogen) atoms. The number of Topliss-reactive ketones (excluding diaryl/α,β-unsaturated/α-hetero) is 1. The molecule has 0 saturated heterocycles. The number of aryl methyl sites for hydroxylation is 1. The van der Waals surface area contributed by atoms with Crippen molar-refractivity contribution in [1.29, 1.82) is 0 Å². The van der Waals surface area contributed by atoms with E-state index in [2.05, 4.69) is 31.2 Å². The van der Waals surface area contributed by atoms with E-state index in [1.165, 1.54) is 0 Å². The quantitative estimate of drug-likeness (QED) is 0.662. The Morgan fingerprint density at radius 2 is 2.07 bits per heavy atom. The number of benzene rings is 1. The molecule has 1 amide bonds. The van der Waals surface area contributed by atoms with Crippen LogP contribution in [-0.2, 0) is 21.5 Å². The number of aromatic nitrogens is 3. The number of carbonyl (C=O) groups excluding carboxylic acids is 2. The third-order valence-corrected chi connectivity index (χ3v) is 5.64. The van der Waals surface area contributed by atoms with Gasteiger partial charge in [-0.2, -0.15) is 0 Å². The predicted molar refractivity (Wildman–Crippen MR) is 108 cm³/mol. The normalized spacial score (nSPS) is 15.1. The monoisotopic (exact) mass is 438 g/mol. The summed E-state index contributed by atoms with van der Waals surface area (Å²) < 4.78 is 2.79. The highest BCUT2D eigenvalue weighted by Crippen LogP contribution is 2.42. The molecule has 1 fully saturated rings. The zero-order chi connectivity index (χ0) is 19.7. The molecule has 1 aliphatic carbocycles. The lowest BCUT2D eigenvalue weighted by molar-refractivity contribution is -0.141. The van der Waals surface area contributed by atoms with E-state index in [1.54, 1.807) is 12.4 Å². The second kappa shape index (κ2) is 7.31. The van der Waals surface area contributed by atoms with Gasteiger partial charge in [-0.3, -0.25) is 14.2 Å². The lowest BCUT2D eigenvalue weighted by Gasteiger charge is -2.39. The van der Waals surface area contributed by atoms with E-state index in [0.29, 0.717) is 6.54 Å². The van der Waals surface area contributed by atoms with Crippen LogP contribution in [0.2, 0.25) is 0 Å². The molecule has 7 heteroatoms. The molecule has 1 N–H and O–H groups in total. The van der Waals surface area contributed by atoms with Gasteiger partial charge in [0.1, 0.15) is 17.4 Å². The van der Waals surface area contributed by atoms with Crippen LogP contribution in [0.25, 0.3) is 5.82 Å². The van der Waals surface area contributed by atoms with Crippen molar-refractivity contribution in [2.75, 3.05) is 0 Å². The molecule has 142 valence electrons. The van der Waals surface area contributed by atoms with Gasteiger partial charge in [0.25, 0.3) is 0 Å². The Bertz CT molecular complexity index is 1030. The fourth-order valence-electron chi connectivity index (χ4n) is 3.54. The number of ketones is 1. The van der Waals surface area contributed by atoms with Gasteiger partial charge in [-0.25, -0.2) is 9.97 Å². The Morgan fingerprint density at radius 3 is 2.68 bits per heavy atom. The number of rotatable bonds is 5. The van der Waals surface area contributed by atoms with Crippen LogP contribution in [0, 0.1) is 6.92 Å². The van der Waals surface area contributed by atoms with Crippen LogP contribution in [0.4, 0.5) is 0 Å². The molecule has 0 bridgehead atoms. The molecule has 1 aliphatic rings. The fourth-order valence-corrected chi connectivity index (χ4v) is 3.94. The summed E-state index contributed by atoms with van der Waals surface area (Å²) in [5.74, 6) is 1.62. The summed E-state index contributed by atoms with van der Waals surface area (Å²) in [6.07, 6.45) is 5.81. The van der Waals surface area contributed by atoms with Crippen molar-refractivity contribution in [3.05, 3.63) is 76.4 Å². The highest BCUT2D eigenvalue weighted by molar-refractivity contribution is 9.10.